The molecule has 4 aromatic heterocycles. The first-order chi connectivity index (χ1) is 20.9. The summed E-state index contributed by atoms with van der Waals surface area (Å²) in [4.78, 5) is 20.6. The fourth-order valence-electron chi connectivity index (χ4n) is 5.46. The van der Waals surface area contributed by atoms with Gasteiger partial charge in [-0.05, 0) is 80.2 Å². The summed E-state index contributed by atoms with van der Waals surface area (Å²) in [5, 5.41) is 8.77. The van der Waals surface area contributed by atoms with Gasteiger partial charge in [0.2, 0.25) is 0 Å². The monoisotopic (exact) mass is 597 g/mol. The van der Waals surface area contributed by atoms with Crippen molar-refractivity contribution in [1.29, 1.82) is 0 Å². The van der Waals surface area contributed by atoms with Gasteiger partial charge in [-0.1, -0.05) is 12.6 Å². The zero-order chi connectivity index (χ0) is 29.8. The number of hydrogen-bond acceptors (Lipinski definition) is 9. The zero-order valence-electron chi connectivity index (χ0n) is 23.9. The number of thiazole rings is 1. The first-order valence-corrected chi connectivity index (χ1v) is 15.3. The van der Waals surface area contributed by atoms with Crippen molar-refractivity contribution in [2.24, 2.45) is 5.92 Å². The van der Waals surface area contributed by atoms with Crippen molar-refractivity contribution in [2.75, 3.05) is 43.0 Å². The quantitative estimate of drug-likeness (QED) is 0.135. The molecule has 0 aliphatic carbocycles. The molecule has 11 heteroatoms. The van der Waals surface area contributed by atoms with Crippen LogP contribution in [0.15, 0.2) is 67.6 Å². The van der Waals surface area contributed by atoms with Gasteiger partial charge >= 0.3 is 0 Å². The molecule has 9 nitrogen and oxygen atoms in total. The Labute approximate surface area is 254 Å². The number of fused-ring (bicyclic) bond motifs is 1. The standard InChI is InChI=1S/C32H36FN9S/c1-20(38-16-21-8-12-42(13-9-21)19-24-18-40-32(43-24)27-4-2-3-10-36-27)28-15-26(34)30(35)31(41-28)37-11-7-22-17-39-29-14-23(33)5-6-25(22)29/h2-6,10,14-15,17-18,21,38-39H,1,7-9,11-13,16,19,35H2,(H3,34,37,41). The normalized spacial score (nSPS) is 14.3. The second-order valence-electron chi connectivity index (χ2n) is 11.0. The van der Waals surface area contributed by atoms with E-state index in [1.54, 1.807) is 29.7 Å². The van der Waals surface area contributed by atoms with Gasteiger partial charge in [-0.15, -0.1) is 11.3 Å². The van der Waals surface area contributed by atoms with E-state index in [9.17, 15) is 4.39 Å². The number of aromatic amines is 1. The largest absolute Gasteiger partial charge is 0.397 e. The number of nitrogens with zero attached hydrogens (tertiary/aromatic N) is 4. The molecule has 0 radical (unpaired) electrons. The predicted octanol–water partition coefficient (Wildman–Crippen LogP) is 5.51. The molecule has 6 rings (SSSR count). The number of H-pyrrole nitrogens is 1. The minimum Gasteiger partial charge on any atom is -0.397 e. The van der Waals surface area contributed by atoms with Gasteiger partial charge in [0.15, 0.2) is 5.82 Å². The van der Waals surface area contributed by atoms with E-state index < -0.39 is 0 Å². The third kappa shape index (κ3) is 6.79. The number of nitrogens with one attached hydrogen (secondary N) is 3. The smallest absolute Gasteiger partial charge is 0.152 e. The molecular weight excluding hydrogens is 561 g/mol. The summed E-state index contributed by atoms with van der Waals surface area (Å²) in [6, 6.07) is 12.4. The molecule has 1 aromatic carbocycles. The molecule has 1 saturated heterocycles. The molecule has 43 heavy (non-hydrogen) atoms. The fourth-order valence-corrected chi connectivity index (χ4v) is 6.39. The van der Waals surface area contributed by atoms with Gasteiger partial charge in [0.25, 0.3) is 0 Å². The highest BCUT2D eigenvalue weighted by molar-refractivity contribution is 7.14. The van der Waals surface area contributed by atoms with Crippen LogP contribution in [0.25, 0.3) is 27.3 Å². The summed E-state index contributed by atoms with van der Waals surface area (Å²) in [6.45, 7) is 8.65. The van der Waals surface area contributed by atoms with E-state index in [0.717, 1.165) is 71.9 Å². The molecule has 1 aliphatic heterocycles. The van der Waals surface area contributed by atoms with Crippen LogP contribution in [-0.2, 0) is 13.0 Å². The Morgan fingerprint density at radius 2 is 2.00 bits per heavy atom. The van der Waals surface area contributed by atoms with Crippen LogP contribution in [0.1, 0.15) is 29.0 Å². The van der Waals surface area contributed by atoms with Gasteiger partial charge in [0.05, 0.1) is 28.5 Å². The Morgan fingerprint density at radius 3 is 2.81 bits per heavy atom. The average molecular weight is 598 g/mol. The number of likely N-dealkylation sites (tertiary alicyclic amines) is 1. The van der Waals surface area contributed by atoms with Crippen LogP contribution in [-0.4, -0.2) is 51.0 Å². The van der Waals surface area contributed by atoms with Crippen LogP contribution in [0.5, 0.6) is 0 Å². The van der Waals surface area contributed by atoms with Crippen LogP contribution in [0.3, 0.4) is 0 Å². The van der Waals surface area contributed by atoms with Crippen LogP contribution in [0.4, 0.5) is 21.6 Å². The van der Waals surface area contributed by atoms with Crippen molar-refractivity contribution in [2.45, 2.75) is 25.8 Å². The average Bonchev–Trinajstić information content (AvgIpc) is 3.66. The fraction of sp³-hybridized carbons (Fsp3) is 0.281. The van der Waals surface area contributed by atoms with E-state index in [4.69, 9.17) is 16.5 Å². The summed E-state index contributed by atoms with van der Waals surface area (Å²) in [6.07, 6.45) is 8.61. The number of hydrogen-bond donors (Lipinski definition) is 5. The molecular formula is C32H36FN9S. The van der Waals surface area contributed by atoms with Gasteiger partial charge in [0, 0.05) is 54.0 Å². The summed E-state index contributed by atoms with van der Waals surface area (Å²) in [7, 11) is 0. The second kappa shape index (κ2) is 12.8. The molecule has 0 amide bonds. The highest BCUT2D eigenvalue weighted by Gasteiger charge is 2.21. The van der Waals surface area contributed by atoms with Crippen LogP contribution < -0.4 is 22.1 Å². The molecule has 0 atom stereocenters. The predicted molar refractivity (Wildman–Crippen MR) is 174 cm³/mol. The Morgan fingerprint density at radius 1 is 1.14 bits per heavy atom. The number of piperidine rings is 1. The minimum absolute atomic E-state index is 0.259. The first kappa shape index (κ1) is 28.6. The third-order valence-corrected chi connectivity index (χ3v) is 8.95. The maximum Gasteiger partial charge on any atom is 0.152 e. The van der Waals surface area contributed by atoms with Crippen molar-refractivity contribution in [3.8, 4) is 10.7 Å². The number of benzene rings is 1. The van der Waals surface area contributed by atoms with Gasteiger partial charge in [-0.25, -0.2) is 14.4 Å². The number of anilines is 3. The number of rotatable bonds is 11. The lowest BCUT2D eigenvalue weighted by molar-refractivity contribution is 0.179. The lowest BCUT2D eigenvalue weighted by Gasteiger charge is -2.32. The third-order valence-electron chi connectivity index (χ3n) is 7.94. The highest BCUT2D eigenvalue weighted by atomic mass is 32.1. The summed E-state index contributed by atoms with van der Waals surface area (Å²) in [5.74, 6) is 0.823. The summed E-state index contributed by atoms with van der Waals surface area (Å²) >= 11 is 1.72. The van der Waals surface area contributed by atoms with E-state index in [0.29, 0.717) is 41.8 Å². The lowest BCUT2D eigenvalue weighted by Crippen LogP contribution is -2.36. The Bertz CT molecular complexity index is 1710. The van der Waals surface area contributed by atoms with E-state index in [1.165, 1.54) is 17.0 Å². The highest BCUT2D eigenvalue weighted by Crippen LogP contribution is 2.28. The van der Waals surface area contributed by atoms with Crippen molar-refractivity contribution in [3.05, 3.63) is 89.6 Å². The number of nitrogens with two attached hydrogens (primary N) is 2. The van der Waals surface area contributed by atoms with Crippen LogP contribution >= 0.6 is 11.3 Å². The van der Waals surface area contributed by atoms with Crippen LogP contribution in [0, 0.1) is 11.7 Å². The topological polar surface area (TPSA) is 134 Å². The van der Waals surface area contributed by atoms with Crippen molar-refractivity contribution < 1.29 is 4.39 Å². The molecule has 1 fully saturated rings. The van der Waals surface area contributed by atoms with Crippen molar-refractivity contribution in [3.63, 3.8) is 0 Å². The number of halogens is 1. The molecule has 1 aliphatic rings. The molecule has 0 saturated carbocycles. The Balaban J connectivity index is 0.978. The SMILES string of the molecule is C=C(NCC1CCN(Cc2cnc(-c3ccccn3)s2)CC1)c1cc(N)c(N)c(NCCc2c[nH]c3cc(F)ccc23)n1. The molecule has 0 bridgehead atoms. The van der Waals surface area contributed by atoms with Gasteiger partial charge in [-0.2, -0.15) is 0 Å². The molecule has 7 N–H and O–H groups in total. The number of pyridine rings is 2. The van der Waals surface area contributed by atoms with E-state index >= 15 is 0 Å². The van der Waals surface area contributed by atoms with Gasteiger partial charge in [0.1, 0.15) is 10.8 Å². The first-order valence-electron chi connectivity index (χ1n) is 14.5. The summed E-state index contributed by atoms with van der Waals surface area (Å²) in [5.41, 5.74) is 17.5. The van der Waals surface area contributed by atoms with Crippen molar-refractivity contribution >= 4 is 45.1 Å². The molecule has 0 unspecified atom stereocenters. The van der Waals surface area contributed by atoms with Crippen LogP contribution in [0.2, 0.25) is 0 Å². The van der Waals surface area contributed by atoms with Crippen molar-refractivity contribution in [1.82, 2.24) is 30.2 Å². The maximum atomic E-state index is 13.5. The molecule has 5 aromatic rings. The minimum atomic E-state index is -0.259. The van der Waals surface area contributed by atoms with E-state index in [-0.39, 0.29) is 5.82 Å². The second-order valence-corrected chi connectivity index (χ2v) is 12.1. The van der Waals surface area contributed by atoms with Gasteiger partial charge < -0.3 is 27.1 Å². The lowest BCUT2D eigenvalue weighted by atomic mass is 9.96. The molecule has 222 valence electrons. The number of aromatic nitrogens is 4. The van der Waals surface area contributed by atoms with Gasteiger partial charge in [-0.3, -0.25) is 9.88 Å². The van der Waals surface area contributed by atoms with E-state index in [1.807, 2.05) is 30.6 Å². The Kier molecular flexibility index (Phi) is 8.52. The summed E-state index contributed by atoms with van der Waals surface area (Å²) < 4.78 is 13.5. The number of nitrogen functional groups attached to an aromatic ring is 2. The molecule has 5 heterocycles. The Hall–Kier alpha value is -4.48. The zero-order valence-corrected chi connectivity index (χ0v) is 24.8. The van der Waals surface area contributed by atoms with E-state index in [2.05, 4.69) is 37.1 Å². The molecule has 0 spiro atoms. The maximum absolute atomic E-state index is 13.5.